The number of hydrogen-bond donors (Lipinski definition) is 2. The second-order valence-electron chi connectivity index (χ2n) is 12.7. The van der Waals surface area contributed by atoms with E-state index in [4.69, 9.17) is 17.7 Å². The van der Waals surface area contributed by atoms with Crippen LogP contribution in [0.3, 0.4) is 0 Å². The fraction of sp³-hybridized carbons (Fsp3) is 0.533. The molecule has 0 saturated carbocycles. The third-order valence-corrected chi connectivity index (χ3v) is 18.3. The van der Waals surface area contributed by atoms with Crippen molar-refractivity contribution in [2.24, 2.45) is 11.8 Å². The number of carbonyl (C=O) groups excluding carboxylic acids is 2. The van der Waals surface area contributed by atoms with Crippen LogP contribution in [0, 0.1) is 11.8 Å². The van der Waals surface area contributed by atoms with Gasteiger partial charge in [0, 0.05) is 0 Å². The van der Waals surface area contributed by atoms with Gasteiger partial charge in [-0.3, -0.25) is 0 Å². The molecule has 2 atom stereocenters. The first-order valence-electron chi connectivity index (χ1n) is 14.3. The van der Waals surface area contributed by atoms with Crippen molar-refractivity contribution in [2.45, 2.75) is 78.1 Å². The number of phenols is 2. The molecule has 0 aromatic heterocycles. The lowest BCUT2D eigenvalue weighted by atomic mass is 10.1. The van der Waals surface area contributed by atoms with Gasteiger partial charge in [-0.1, -0.05) is 13.8 Å². The van der Waals surface area contributed by atoms with Crippen molar-refractivity contribution in [1.29, 1.82) is 0 Å². The van der Waals surface area contributed by atoms with E-state index in [0.717, 1.165) is 24.9 Å². The van der Waals surface area contributed by atoms with Crippen LogP contribution in [0.5, 0.6) is 11.5 Å². The number of phenolic OH excluding ortho intramolecular Hbond substituents is 2. The Labute approximate surface area is 248 Å². The van der Waals surface area contributed by atoms with Crippen LogP contribution in [0.2, 0.25) is 51.4 Å². The summed E-state index contributed by atoms with van der Waals surface area (Å²) in [4.78, 5) is 24.4. The lowest BCUT2D eigenvalue weighted by Gasteiger charge is -2.40. The maximum absolute atomic E-state index is 12.2. The van der Waals surface area contributed by atoms with Gasteiger partial charge in [0.25, 0.3) is 0 Å². The Kier molecular flexibility index (Phi) is 12.8. The molecule has 0 aliphatic heterocycles. The van der Waals surface area contributed by atoms with Crippen LogP contribution in [0.4, 0.5) is 0 Å². The fourth-order valence-corrected chi connectivity index (χ4v) is 21.0. The van der Waals surface area contributed by atoms with Crippen LogP contribution in [-0.4, -0.2) is 60.6 Å². The van der Waals surface area contributed by atoms with Gasteiger partial charge in [-0.05, 0) is 125 Å². The fourth-order valence-electron chi connectivity index (χ4n) is 5.38. The maximum Gasteiger partial charge on any atom is 0.338 e. The first kappa shape index (κ1) is 34.8. The Morgan fingerprint density at radius 3 is 1.27 bits per heavy atom. The minimum Gasteiger partial charge on any atom is -0.508 e. The summed E-state index contributed by atoms with van der Waals surface area (Å²) < 4.78 is 24.4. The number of ether oxygens (including phenoxy) is 2. The van der Waals surface area contributed by atoms with E-state index in [1.54, 1.807) is 24.3 Å². The molecule has 41 heavy (non-hydrogen) atoms. The van der Waals surface area contributed by atoms with E-state index in [0.29, 0.717) is 36.2 Å². The van der Waals surface area contributed by atoms with Gasteiger partial charge in [0.05, 0.1) is 24.3 Å². The van der Waals surface area contributed by atoms with E-state index in [9.17, 15) is 19.8 Å². The molecule has 8 nitrogen and oxygen atoms in total. The van der Waals surface area contributed by atoms with Crippen molar-refractivity contribution < 1.29 is 37.5 Å². The van der Waals surface area contributed by atoms with Gasteiger partial charge < -0.3 is 27.9 Å². The van der Waals surface area contributed by atoms with Crippen molar-refractivity contribution in [1.82, 2.24) is 0 Å². The first-order chi connectivity index (χ1) is 19.0. The number of aromatic hydroxyl groups is 2. The molecule has 0 heterocycles. The Morgan fingerprint density at radius 2 is 0.951 bits per heavy atom. The van der Waals surface area contributed by atoms with E-state index in [1.165, 1.54) is 24.3 Å². The summed E-state index contributed by atoms with van der Waals surface area (Å²) in [5.74, 6) is 0.132. The average Bonchev–Trinajstić information content (AvgIpc) is 2.82. The first-order valence-corrected chi connectivity index (χ1v) is 23.3. The summed E-state index contributed by atoms with van der Waals surface area (Å²) in [6.45, 7) is 18.2. The van der Waals surface area contributed by atoms with E-state index in [-0.39, 0.29) is 23.4 Å². The highest BCUT2D eigenvalue weighted by Crippen LogP contribution is 2.30. The third kappa shape index (κ3) is 13.4. The highest BCUT2D eigenvalue weighted by atomic mass is 28.5. The molecule has 0 spiro atoms. The van der Waals surface area contributed by atoms with Crippen LogP contribution in [0.1, 0.15) is 47.4 Å². The van der Waals surface area contributed by atoms with Crippen LogP contribution in [-0.2, 0) is 17.7 Å². The lowest BCUT2D eigenvalue weighted by molar-refractivity contribution is 0.0478. The highest BCUT2D eigenvalue weighted by molar-refractivity contribution is 6.87. The molecule has 2 N–H and O–H groups in total. The minimum atomic E-state index is -2.39. The maximum atomic E-state index is 12.2. The Morgan fingerprint density at radius 1 is 0.634 bits per heavy atom. The van der Waals surface area contributed by atoms with Crippen LogP contribution < -0.4 is 0 Å². The second kappa shape index (κ2) is 15.1. The Hall–Kier alpha value is -2.45. The summed E-state index contributed by atoms with van der Waals surface area (Å²) in [5, 5.41) is 18.8. The third-order valence-electron chi connectivity index (χ3n) is 6.62. The summed E-state index contributed by atoms with van der Waals surface area (Å²) in [6.07, 6.45) is 1.50. The van der Waals surface area contributed by atoms with Crippen molar-refractivity contribution in [2.75, 3.05) is 13.2 Å². The number of carbonyl (C=O) groups is 2. The molecule has 2 aromatic rings. The zero-order valence-electron chi connectivity index (χ0n) is 25.9. The van der Waals surface area contributed by atoms with Crippen LogP contribution >= 0.6 is 0 Å². The van der Waals surface area contributed by atoms with Crippen LogP contribution in [0.25, 0.3) is 0 Å². The summed E-state index contributed by atoms with van der Waals surface area (Å²) in [6, 6.07) is 14.0. The van der Waals surface area contributed by atoms with E-state index in [1.807, 2.05) is 0 Å². The van der Waals surface area contributed by atoms with Gasteiger partial charge in [-0.25, -0.2) is 9.59 Å². The molecule has 0 radical (unpaired) electrons. The smallest absolute Gasteiger partial charge is 0.338 e. The van der Waals surface area contributed by atoms with E-state index in [2.05, 4.69) is 53.1 Å². The molecule has 228 valence electrons. The molecule has 0 aliphatic rings. The molecule has 2 aromatic carbocycles. The van der Waals surface area contributed by atoms with Gasteiger partial charge >= 0.3 is 20.5 Å². The zero-order chi connectivity index (χ0) is 30.8. The SMILES string of the molecule is CC(CCOC(=O)c1ccc(O)cc1)C[Si](C)(C)O[Si](C)(C)O[Si](C)(C)CC(C)CCOC(=O)c1ccc(O)cc1. The molecule has 11 heteroatoms. The second-order valence-corrected chi connectivity index (χ2v) is 25.0. The van der Waals surface area contributed by atoms with Gasteiger partial charge in [0.15, 0.2) is 16.6 Å². The Balaban J connectivity index is 1.75. The number of esters is 2. The summed E-state index contributed by atoms with van der Waals surface area (Å²) >= 11 is 0. The zero-order valence-corrected chi connectivity index (χ0v) is 28.9. The number of benzene rings is 2. The minimum absolute atomic E-state index is 0.115. The van der Waals surface area contributed by atoms with Gasteiger partial charge in [-0.2, -0.15) is 0 Å². The van der Waals surface area contributed by atoms with Crippen molar-refractivity contribution in [3.63, 3.8) is 0 Å². The van der Waals surface area contributed by atoms with Crippen molar-refractivity contribution in [3.05, 3.63) is 59.7 Å². The quantitative estimate of drug-likeness (QED) is 0.148. The number of hydrogen-bond acceptors (Lipinski definition) is 8. The molecule has 0 amide bonds. The molecular formula is C30H48O8Si3. The van der Waals surface area contributed by atoms with E-state index < -0.39 is 25.2 Å². The highest BCUT2D eigenvalue weighted by Gasteiger charge is 2.40. The molecule has 0 fully saturated rings. The van der Waals surface area contributed by atoms with Crippen molar-refractivity contribution in [3.8, 4) is 11.5 Å². The predicted octanol–water partition coefficient (Wildman–Crippen LogP) is 7.31. The normalized spacial score (nSPS) is 13.9. The van der Waals surface area contributed by atoms with Crippen molar-refractivity contribution >= 4 is 37.1 Å². The lowest BCUT2D eigenvalue weighted by Crippen LogP contribution is -2.53. The van der Waals surface area contributed by atoms with Crippen LogP contribution in [0.15, 0.2) is 48.5 Å². The van der Waals surface area contributed by atoms with E-state index >= 15 is 0 Å². The molecule has 0 saturated heterocycles. The molecular weight excluding hydrogens is 573 g/mol. The van der Waals surface area contributed by atoms with Gasteiger partial charge in [0.2, 0.25) is 0 Å². The van der Waals surface area contributed by atoms with Gasteiger partial charge in [0.1, 0.15) is 11.5 Å². The molecule has 2 rings (SSSR count). The largest absolute Gasteiger partial charge is 0.508 e. The molecule has 0 bridgehead atoms. The predicted molar refractivity (Wildman–Crippen MR) is 169 cm³/mol. The standard InChI is InChI=1S/C30H48O8Si3/c1-23(17-19-35-29(33)25-9-13-27(31)14-10-25)21-39(3,4)37-41(7,8)38-40(5,6)22-24(2)18-20-36-30(34)26-11-15-28(32)16-12-26/h9-16,23-24,31-32H,17-22H2,1-8H3. The summed E-state index contributed by atoms with van der Waals surface area (Å²) in [7, 11) is -6.47. The summed E-state index contributed by atoms with van der Waals surface area (Å²) in [5.41, 5.74) is 0.851. The topological polar surface area (TPSA) is 112 Å². The Bertz CT molecular complexity index is 1030. The average molecular weight is 621 g/mol. The van der Waals surface area contributed by atoms with Gasteiger partial charge in [-0.15, -0.1) is 0 Å². The molecule has 2 unspecified atom stereocenters. The molecule has 0 aliphatic carbocycles. The number of rotatable bonds is 16. The monoisotopic (exact) mass is 620 g/mol.